The van der Waals surface area contributed by atoms with Crippen LogP contribution in [0.25, 0.3) is 0 Å². The van der Waals surface area contributed by atoms with Crippen LogP contribution in [0.5, 0.6) is 0 Å². The highest BCUT2D eigenvalue weighted by Crippen LogP contribution is 2.33. The van der Waals surface area contributed by atoms with E-state index in [4.69, 9.17) is 10.5 Å². The standard InChI is InChI=1S/C13H22BrN3O/c1-7-18-13(5,6)11-16-9(12(2,3)4)8(14)10(15)17-11/h7H2,1-6H3,(H2,15,16,17). The Bertz CT molecular complexity index is 439. The van der Waals surface area contributed by atoms with E-state index >= 15 is 0 Å². The van der Waals surface area contributed by atoms with Gasteiger partial charge in [0.2, 0.25) is 0 Å². The lowest BCUT2D eigenvalue weighted by atomic mass is 9.91. The van der Waals surface area contributed by atoms with E-state index in [1.807, 2.05) is 20.8 Å². The summed E-state index contributed by atoms with van der Waals surface area (Å²) in [6, 6.07) is 0. The molecule has 0 aliphatic rings. The number of hydrogen-bond donors (Lipinski definition) is 1. The summed E-state index contributed by atoms with van der Waals surface area (Å²) in [4.78, 5) is 8.96. The fraction of sp³-hybridized carbons (Fsp3) is 0.692. The quantitative estimate of drug-likeness (QED) is 0.928. The minimum absolute atomic E-state index is 0.104. The summed E-state index contributed by atoms with van der Waals surface area (Å²) in [5.74, 6) is 1.08. The maximum absolute atomic E-state index is 5.96. The Hall–Kier alpha value is -0.680. The van der Waals surface area contributed by atoms with E-state index in [0.29, 0.717) is 18.2 Å². The van der Waals surface area contributed by atoms with Gasteiger partial charge in [-0.1, -0.05) is 20.8 Å². The molecule has 0 bridgehead atoms. The van der Waals surface area contributed by atoms with Gasteiger partial charge in [0, 0.05) is 12.0 Å². The summed E-state index contributed by atoms with van der Waals surface area (Å²) < 4.78 is 6.45. The number of ether oxygens (including phenoxy) is 1. The number of aromatic nitrogens is 2. The van der Waals surface area contributed by atoms with Crippen LogP contribution in [0, 0.1) is 0 Å². The summed E-state index contributed by atoms with van der Waals surface area (Å²) in [5, 5.41) is 0. The second kappa shape index (κ2) is 5.13. The fourth-order valence-corrected chi connectivity index (χ4v) is 2.43. The smallest absolute Gasteiger partial charge is 0.162 e. The highest BCUT2D eigenvalue weighted by molar-refractivity contribution is 9.10. The normalized spacial score (nSPS) is 12.8. The predicted molar refractivity (Wildman–Crippen MR) is 77.5 cm³/mol. The molecule has 4 nitrogen and oxygen atoms in total. The first-order chi connectivity index (χ1) is 8.09. The third-order valence-corrected chi connectivity index (χ3v) is 3.41. The van der Waals surface area contributed by atoms with Crippen LogP contribution in [0.1, 0.15) is 53.1 Å². The largest absolute Gasteiger partial charge is 0.383 e. The maximum Gasteiger partial charge on any atom is 0.162 e. The van der Waals surface area contributed by atoms with E-state index in [9.17, 15) is 0 Å². The number of nitrogens with zero attached hydrogens (tertiary/aromatic N) is 2. The average Bonchev–Trinajstić information content (AvgIpc) is 2.19. The first-order valence-corrected chi connectivity index (χ1v) is 6.86. The molecule has 0 atom stereocenters. The molecule has 0 aromatic carbocycles. The van der Waals surface area contributed by atoms with Gasteiger partial charge in [-0.25, -0.2) is 9.97 Å². The van der Waals surface area contributed by atoms with Crippen molar-refractivity contribution in [1.29, 1.82) is 0 Å². The number of rotatable bonds is 3. The van der Waals surface area contributed by atoms with Crippen molar-refractivity contribution in [2.45, 2.75) is 52.6 Å². The van der Waals surface area contributed by atoms with E-state index in [2.05, 4.69) is 46.7 Å². The molecular formula is C13H22BrN3O. The van der Waals surface area contributed by atoms with E-state index in [-0.39, 0.29) is 5.41 Å². The molecule has 0 aliphatic carbocycles. The van der Waals surface area contributed by atoms with E-state index in [1.54, 1.807) is 0 Å². The van der Waals surface area contributed by atoms with Crippen LogP contribution in [0.15, 0.2) is 4.47 Å². The third-order valence-electron chi connectivity index (χ3n) is 2.63. The summed E-state index contributed by atoms with van der Waals surface area (Å²) in [6.07, 6.45) is 0. The summed E-state index contributed by atoms with van der Waals surface area (Å²) in [6.45, 7) is 12.7. The van der Waals surface area contributed by atoms with Crippen molar-refractivity contribution in [3.05, 3.63) is 16.0 Å². The molecule has 1 aromatic rings. The molecule has 5 heteroatoms. The Morgan fingerprint density at radius 1 is 1.17 bits per heavy atom. The zero-order valence-corrected chi connectivity index (χ0v) is 13.6. The molecule has 0 aliphatic heterocycles. The molecule has 0 radical (unpaired) electrons. The average molecular weight is 316 g/mol. The van der Waals surface area contributed by atoms with E-state index < -0.39 is 5.60 Å². The van der Waals surface area contributed by atoms with E-state index in [0.717, 1.165) is 10.2 Å². The van der Waals surface area contributed by atoms with Gasteiger partial charge in [-0.2, -0.15) is 0 Å². The second-order valence-electron chi connectivity index (χ2n) is 5.79. The molecule has 1 heterocycles. The second-order valence-corrected chi connectivity index (χ2v) is 6.58. The van der Waals surface area contributed by atoms with Crippen LogP contribution in [0.4, 0.5) is 5.82 Å². The van der Waals surface area contributed by atoms with Crippen LogP contribution in [-0.4, -0.2) is 16.6 Å². The number of anilines is 1. The first-order valence-electron chi connectivity index (χ1n) is 6.07. The number of nitrogen functional groups attached to an aromatic ring is 1. The molecule has 1 aromatic heterocycles. The molecule has 0 unspecified atom stereocenters. The zero-order chi connectivity index (χ0) is 14.1. The minimum Gasteiger partial charge on any atom is -0.383 e. The minimum atomic E-state index is -0.538. The van der Waals surface area contributed by atoms with Crippen LogP contribution in [0.2, 0.25) is 0 Å². The molecule has 0 amide bonds. The van der Waals surface area contributed by atoms with Crippen molar-refractivity contribution in [1.82, 2.24) is 9.97 Å². The summed E-state index contributed by atoms with van der Waals surface area (Å²) in [5.41, 5.74) is 6.22. The lowest BCUT2D eigenvalue weighted by Gasteiger charge is -2.27. The van der Waals surface area contributed by atoms with Gasteiger partial charge in [0.1, 0.15) is 11.4 Å². The number of hydrogen-bond acceptors (Lipinski definition) is 4. The Morgan fingerprint density at radius 2 is 1.72 bits per heavy atom. The van der Waals surface area contributed by atoms with Gasteiger partial charge in [-0.15, -0.1) is 0 Å². The molecule has 0 saturated carbocycles. The molecule has 0 fully saturated rings. The molecule has 0 spiro atoms. The lowest BCUT2D eigenvalue weighted by Crippen LogP contribution is -2.28. The molecule has 0 saturated heterocycles. The Morgan fingerprint density at radius 3 is 2.17 bits per heavy atom. The highest BCUT2D eigenvalue weighted by atomic mass is 79.9. The third kappa shape index (κ3) is 3.20. The predicted octanol–water partition coefficient (Wildman–Crippen LogP) is 3.39. The van der Waals surface area contributed by atoms with Gasteiger partial charge in [-0.05, 0) is 36.7 Å². The summed E-state index contributed by atoms with van der Waals surface area (Å²) in [7, 11) is 0. The van der Waals surface area contributed by atoms with Gasteiger partial charge in [0.15, 0.2) is 5.82 Å². The van der Waals surface area contributed by atoms with Gasteiger partial charge in [0.25, 0.3) is 0 Å². The Labute approximate surface area is 117 Å². The van der Waals surface area contributed by atoms with E-state index in [1.165, 1.54) is 0 Å². The molecule has 102 valence electrons. The van der Waals surface area contributed by atoms with Crippen LogP contribution in [-0.2, 0) is 15.8 Å². The topological polar surface area (TPSA) is 61.0 Å². The van der Waals surface area contributed by atoms with Gasteiger partial charge < -0.3 is 10.5 Å². The SMILES string of the molecule is CCOC(C)(C)c1nc(N)c(Br)c(C(C)(C)C)n1. The van der Waals surface area contributed by atoms with Gasteiger partial charge in [0.05, 0.1) is 10.2 Å². The molecular weight excluding hydrogens is 294 g/mol. The fourth-order valence-electron chi connectivity index (χ4n) is 1.66. The van der Waals surface area contributed by atoms with Crippen molar-refractivity contribution in [3.63, 3.8) is 0 Å². The maximum atomic E-state index is 5.96. The molecule has 1 rings (SSSR count). The van der Waals surface area contributed by atoms with Crippen molar-refractivity contribution >= 4 is 21.7 Å². The molecule has 18 heavy (non-hydrogen) atoms. The number of halogens is 1. The van der Waals surface area contributed by atoms with Crippen molar-refractivity contribution in [2.75, 3.05) is 12.3 Å². The monoisotopic (exact) mass is 315 g/mol. The zero-order valence-electron chi connectivity index (χ0n) is 12.0. The van der Waals surface area contributed by atoms with Crippen molar-refractivity contribution in [2.24, 2.45) is 0 Å². The lowest BCUT2D eigenvalue weighted by molar-refractivity contribution is -0.0209. The van der Waals surface area contributed by atoms with Crippen molar-refractivity contribution in [3.8, 4) is 0 Å². The first kappa shape index (κ1) is 15.4. The highest BCUT2D eigenvalue weighted by Gasteiger charge is 2.29. The molecule has 2 N–H and O–H groups in total. The van der Waals surface area contributed by atoms with Crippen molar-refractivity contribution < 1.29 is 4.74 Å². The van der Waals surface area contributed by atoms with Crippen LogP contribution in [0.3, 0.4) is 0 Å². The summed E-state index contributed by atoms with van der Waals surface area (Å²) >= 11 is 3.47. The number of nitrogens with two attached hydrogens (primary N) is 1. The Kier molecular flexibility index (Phi) is 4.38. The van der Waals surface area contributed by atoms with Crippen LogP contribution >= 0.6 is 15.9 Å². The van der Waals surface area contributed by atoms with Crippen LogP contribution < -0.4 is 5.73 Å². The van der Waals surface area contributed by atoms with Gasteiger partial charge in [-0.3, -0.25) is 0 Å². The van der Waals surface area contributed by atoms with Gasteiger partial charge >= 0.3 is 0 Å². The Balaban J connectivity index is 3.38.